The van der Waals surface area contributed by atoms with Crippen LogP contribution in [0.25, 0.3) is 44.6 Å². The summed E-state index contributed by atoms with van der Waals surface area (Å²) in [7, 11) is -0.965. The molecule has 11 nitrogen and oxygen atoms in total. The fourth-order valence-electron chi connectivity index (χ4n) is 5.99. The molecule has 13 heteroatoms. The molecule has 0 unspecified atom stereocenters. The number of carbonyl (C=O) groups is 1. The van der Waals surface area contributed by atoms with Gasteiger partial charge in [-0.2, -0.15) is 0 Å². The highest BCUT2D eigenvalue weighted by molar-refractivity contribution is 7.92. The summed E-state index contributed by atoms with van der Waals surface area (Å²) in [6.45, 7) is 3.51. The molecule has 0 fully saturated rings. The van der Waals surface area contributed by atoms with Gasteiger partial charge in [-0.15, -0.1) is 0 Å². The molecule has 6 rings (SSSR count). The van der Waals surface area contributed by atoms with E-state index in [0.29, 0.717) is 27.9 Å². The number of carbonyl (C=O) groups excluding carboxylic acids is 1. The zero-order chi connectivity index (χ0) is 35.2. The molecular weight excluding hydrogens is 649 g/mol. The molecule has 0 saturated carbocycles. The standard InChI is InChI=1S/C36H34FN5O6S/c1-20-6-8-22(9-7-20)29(16-17-43)42-21(2)39-28-15-14-27(40-33(28)36(42)45)25-18-26-31(19-30(25)41(4)49(5,46)47)48-34(32(26)35(44)38-3)23-10-12-24(37)13-11-23/h6-15,18-19,29,43H,16-17H2,1-5H3,(H,38,44)/t29-/m1/s1. The Hall–Kier alpha value is -5.40. The molecule has 2 N–H and O–H groups in total. The quantitative estimate of drug-likeness (QED) is 0.207. The summed E-state index contributed by atoms with van der Waals surface area (Å²) in [5.41, 5.74) is 3.34. The lowest BCUT2D eigenvalue weighted by Crippen LogP contribution is -2.30. The van der Waals surface area contributed by atoms with Crippen molar-refractivity contribution in [2.24, 2.45) is 0 Å². The van der Waals surface area contributed by atoms with Crippen LogP contribution < -0.4 is 15.2 Å². The van der Waals surface area contributed by atoms with Gasteiger partial charge in [0.15, 0.2) is 5.52 Å². The highest BCUT2D eigenvalue weighted by Crippen LogP contribution is 2.41. The van der Waals surface area contributed by atoms with Crippen LogP contribution in [-0.4, -0.2) is 60.9 Å². The summed E-state index contributed by atoms with van der Waals surface area (Å²) in [6.07, 6.45) is 1.31. The van der Waals surface area contributed by atoms with Crippen molar-refractivity contribution in [1.29, 1.82) is 0 Å². The van der Waals surface area contributed by atoms with Gasteiger partial charge in [0.05, 0.1) is 34.8 Å². The first-order chi connectivity index (χ1) is 23.3. The number of sulfonamides is 1. The van der Waals surface area contributed by atoms with Crippen LogP contribution in [0.5, 0.6) is 0 Å². The van der Waals surface area contributed by atoms with Gasteiger partial charge in [0.2, 0.25) is 10.0 Å². The molecule has 3 aromatic carbocycles. The second-order valence-electron chi connectivity index (χ2n) is 11.8. The third-order valence-electron chi connectivity index (χ3n) is 8.58. The average molecular weight is 684 g/mol. The van der Waals surface area contributed by atoms with Crippen molar-refractivity contribution >= 4 is 43.6 Å². The number of nitrogens with zero attached hydrogens (tertiary/aromatic N) is 4. The number of hydrogen-bond donors (Lipinski definition) is 2. The number of amides is 1. The van der Waals surface area contributed by atoms with Crippen molar-refractivity contribution in [3.8, 4) is 22.6 Å². The number of fused-ring (bicyclic) bond motifs is 2. The maximum atomic E-state index is 14.2. The SMILES string of the molecule is CNC(=O)c1c(-c2ccc(F)cc2)oc2cc(N(C)S(C)(=O)=O)c(-c3ccc4nc(C)n([C@H](CCO)c5ccc(C)cc5)c(=O)c4n3)cc12. The number of nitrogens with one attached hydrogen (secondary N) is 1. The van der Waals surface area contributed by atoms with Gasteiger partial charge in [0.25, 0.3) is 11.5 Å². The van der Waals surface area contributed by atoms with Gasteiger partial charge in [-0.25, -0.2) is 22.8 Å². The Morgan fingerprint density at radius 2 is 1.73 bits per heavy atom. The first-order valence-corrected chi connectivity index (χ1v) is 17.3. The van der Waals surface area contributed by atoms with E-state index in [9.17, 15) is 27.5 Å². The van der Waals surface area contributed by atoms with Crippen LogP contribution in [0, 0.1) is 19.7 Å². The minimum absolute atomic E-state index is 0.0388. The van der Waals surface area contributed by atoms with E-state index in [1.807, 2.05) is 31.2 Å². The Bertz CT molecular complexity index is 2400. The molecule has 0 aliphatic carbocycles. The van der Waals surface area contributed by atoms with E-state index in [1.165, 1.54) is 49.0 Å². The lowest BCUT2D eigenvalue weighted by atomic mass is 10.0. The van der Waals surface area contributed by atoms with Crippen LogP contribution >= 0.6 is 0 Å². The van der Waals surface area contributed by atoms with Crippen molar-refractivity contribution in [1.82, 2.24) is 19.9 Å². The number of aromatic nitrogens is 3. The normalized spacial score (nSPS) is 12.4. The number of rotatable bonds is 9. The van der Waals surface area contributed by atoms with Gasteiger partial charge in [0, 0.05) is 43.3 Å². The van der Waals surface area contributed by atoms with Crippen LogP contribution in [0.15, 0.2) is 82.0 Å². The number of aliphatic hydroxyl groups is 1. The van der Waals surface area contributed by atoms with Gasteiger partial charge in [0.1, 0.15) is 23.0 Å². The molecule has 0 radical (unpaired) electrons. The summed E-state index contributed by atoms with van der Waals surface area (Å²) >= 11 is 0. The smallest absolute Gasteiger partial charge is 0.280 e. The molecule has 1 amide bonds. The van der Waals surface area contributed by atoms with E-state index in [0.717, 1.165) is 21.7 Å². The fraction of sp³-hybridized carbons (Fsp3) is 0.222. The summed E-state index contributed by atoms with van der Waals surface area (Å²) in [6, 6.07) is 19.0. The second-order valence-corrected chi connectivity index (χ2v) is 13.8. The average Bonchev–Trinajstić information content (AvgIpc) is 3.45. The zero-order valence-corrected chi connectivity index (χ0v) is 28.3. The fourth-order valence-corrected chi connectivity index (χ4v) is 6.50. The van der Waals surface area contributed by atoms with Crippen LogP contribution in [0.2, 0.25) is 0 Å². The molecule has 0 bridgehead atoms. The predicted molar refractivity (Wildman–Crippen MR) is 187 cm³/mol. The van der Waals surface area contributed by atoms with E-state index in [2.05, 4.69) is 10.3 Å². The van der Waals surface area contributed by atoms with Crippen LogP contribution in [0.4, 0.5) is 10.1 Å². The molecular formula is C36H34FN5O6S. The first kappa shape index (κ1) is 33.5. The molecule has 6 aromatic rings. The summed E-state index contributed by atoms with van der Waals surface area (Å²) in [4.78, 5) is 36.9. The number of aliphatic hydroxyl groups excluding tert-OH is 1. The number of benzene rings is 3. The van der Waals surface area contributed by atoms with Crippen molar-refractivity contribution in [2.75, 3.05) is 31.3 Å². The van der Waals surface area contributed by atoms with Gasteiger partial charge in [-0.05, 0) is 68.3 Å². The number of halogens is 1. The highest BCUT2D eigenvalue weighted by Gasteiger charge is 2.27. The Labute approximate surface area is 281 Å². The van der Waals surface area contributed by atoms with Crippen LogP contribution in [-0.2, 0) is 10.0 Å². The minimum Gasteiger partial charge on any atom is -0.455 e. The van der Waals surface area contributed by atoms with Crippen molar-refractivity contribution < 1.29 is 27.1 Å². The monoisotopic (exact) mass is 683 g/mol. The lowest BCUT2D eigenvalue weighted by molar-refractivity contribution is 0.0964. The molecule has 0 aliphatic rings. The van der Waals surface area contributed by atoms with E-state index in [4.69, 9.17) is 9.40 Å². The number of anilines is 1. The molecule has 252 valence electrons. The maximum absolute atomic E-state index is 14.2. The Morgan fingerprint density at radius 3 is 2.37 bits per heavy atom. The third-order valence-corrected chi connectivity index (χ3v) is 9.77. The largest absolute Gasteiger partial charge is 0.455 e. The third kappa shape index (κ3) is 6.18. The van der Waals surface area contributed by atoms with Crippen molar-refractivity contribution in [3.05, 3.63) is 111 Å². The number of furan rings is 1. The van der Waals surface area contributed by atoms with Crippen molar-refractivity contribution in [3.63, 3.8) is 0 Å². The molecule has 0 aliphatic heterocycles. The van der Waals surface area contributed by atoms with Gasteiger partial charge in [-0.3, -0.25) is 18.5 Å². The molecule has 3 aromatic heterocycles. The van der Waals surface area contributed by atoms with Crippen LogP contribution in [0.3, 0.4) is 0 Å². The van der Waals surface area contributed by atoms with E-state index in [-0.39, 0.29) is 46.8 Å². The van der Waals surface area contributed by atoms with Gasteiger partial charge < -0.3 is 14.8 Å². The molecule has 3 heterocycles. The molecule has 0 saturated heterocycles. The maximum Gasteiger partial charge on any atom is 0.280 e. The van der Waals surface area contributed by atoms with Gasteiger partial charge in [-0.1, -0.05) is 29.8 Å². The summed E-state index contributed by atoms with van der Waals surface area (Å²) < 4.78 is 48.2. The minimum atomic E-state index is -3.81. The molecule has 1 atom stereocenters. The zero-order valence-electron chi connectivity index (χ0n) is 27.5. The lowest BCUT2D eigenvalue weighted by Gasteiger charge is -2.22. The Morgan fingerprint density at radius 1 is 1.04 bits per heavy atom. The molecule has 0 spiro atoms. The van der Waals surface area contributed by atoms with Crippen LogP contribution in [0.1, 0.15) is 39.8 Å². The molecule has 49 heavy (non-hydrogen) atoms. The van der Waals surface area contributed by atoms with E-state index >= 15 is 0 Å². The number of hydrogen-bond acceptors (Lipinski definition) is 8. The van der Waals surface area contributed by atoms with Crippen molar-refractivity contribution in [2.45, 2.75) is 26.3 Å². The number of aryl methyl sites for hydroxylation is 2. The second kappa shape index (κ2) is 12.9. The summed E-state index contributed by atoms with van der Waals surface area (Å²) in [5.74, 6) is -0.340. The predicted octanol–water partition coefficient (Wildman–Crippen LogP) is 5.35. The van der Waals surface area contributed by atoms with E-state index in [1.54, 1.807) is 25.1 Å². The number of pyridine rings is 1. The topological polar surface area (TPSA) is 148 Å². The van der Waals surface area contributed by atoms with E-state index < -0.39 is 33.3 Å². The first-order valence-electron chi connectivity index (χ1n) is 15.4. The highest BCUT2D eigenvalue weighted by atomic mass is 32.2. The summed E-state index contributed by atoms with van der Waals surface area (Å²) in [5, 5.41) is 12.9. The van der Waals surface area contributed by atoms with Gasteiger partial charge >= 0.3 is 0 Å². The Kier molecular flexibility index (Phi) is 8.82. The Balaban J connectivity index is 1.62.